The molecule has 0 radical (unpaired) electrons. The van der Waals surface area contributed by atoms with E-state index in [0.717, 1.165) is 11.1 Å². The SMILES string of the molecule is Cc1cccc(Cn2cc(NC(=S)Nc3ccc(C)cc3OC(F)F)cn2)c1. The third kappa shape index (κ3) is 5.50. The summed E-state index contributed by atoms with van der Waals surface area (Å²) in [7, 11) is 0. The maximum absolute atomic E-state index is 12.6. The maximum atomic E-state index is 12.6. The standard InChI is InChI=1S/C20H20F2N4OS/c1-13-4-3-5-15(8-13)11-26-12-16(10-23-26)24-20(28)25-17-7-6-14(2)9-18(17)27-19(21)22/h3-10,12,19H,11H2,1-2H3,(H2,24,25,28). The molecule has 0 aliphatic carbocycles. The number of alkyl halides is 2. The van der Waals surface area contributed by atoms with Crippen molar-refractivity contribution in [1.82, 2.24) is 9.78 Å². The number of hydrogen-bond donors (Lipinski definition) is 2. The van der Waals surface area contributed by atoms with Gasteiger partial charge in [0.25, 0.3) is 0 Å². The first kappa shape index (κ1) is 19.8. The minimum atomic E-state index is -2.91. The third-order valence-electron chi connectivity index (χ3n) is 3.92. The fourth-order valence-electron chi connectivity index (χ4n) is 2.72. The lowest BCUT2D eigenvalue weighted by atomic mass is 10.1. The summed E-state index contributed by atoms with van der Waals surface area (Å²) in [6.07, 6.45) is 3.47. The lowest BCUT2D eigenvalue weighted by Gasteiger charge is -2.14. The largest absolute Gasteiger partial charge is 0.433 e. The van der Waals surface area contributed by atoms with Crippen LogP contribution in [-0.2, 0) is 6.54 Å². The van der Waals surface area contributed by atoms with Gasteiger partial charge in [0, 0.05) is 6.20 Å². The highest BCUT2D eigenvalue weighted by Crippen LogP contribution is 2.27. The van der Waals surface area contributed by atoms with Crippen molar-refractivity contribution < 1.29 is 13.5 Å². The molecule has 0 unspecified atom stereocenters. The number of halogens is 2. The summed E-state index contributed by atoms with van der Waals surface area (Å²) in [5.74, 6) is 0.0364. The van der Waals surface area contributed by atoms with Crippen molar-refractivity contribution >= 4 is 28.7 Å². The molecule has 3 aromatic rings. The molecule has 0 aliphatic heterocycles. The minimum absolute atomic E-state index is 0.0364. The Balaban J connectivity index is 1.64. The quantitative estimate of drug-likeness (QED) is 0.571. The van der Waals surface area contributed by atoms with Crippen LogP contribution in [0, 0.1) is 13.8 Å². The lowest BCUT2D eigenvalue weighted by Crippen LogP contribution is -2.19. The van der Waals surface area contributed by atoms with Crippen molar-refractivity contribution in [2.75, 3.05) is 10.6 Å². The third-order valence-corrected chi connectivity index (χ3v) is 4.12. The van der Waals surface area contributed by atoms with E-state index in [0.29, 0.717) is 17.9 Å². The molecule has 0 aliphatic rings. The van der Waals surface area contributed by atoms with E-state index in [2.05, 4.69) is 26.5 Å². The van der Waals surface area contributed by atoms with Gasteiger partial charge < -0.3 is 15.4 Å². The molecule has 0 spiro atoms. The topological polar surface area (TPSA) is 51.1 Å². The molecule has 0 fully saturated rings. The van der Waals surface area contributed by atoms with Gasteiger partial charge in [0.2, 0.25) is 0 Å². The summed E-state index contributed by atoms with van der Waals surface area (Å²) in [5, 5.41) is 10.4. The van der Waals surface area contributed by atoms with Crippen LogP contribution in [0.15, 0.2) is 54.9 Å². The molecule has 2 N–H and O–H groups in total. The van der Waals surface area contributed by atoms with Gasteiger partial charge in [-0.3, -0.25) is 4.68 Å². The Morgan fingerprint density at radius 2 is 1.93 bits per heavy atom. The number of ether oxygens (including phenoxy) is 1. The van der Waals surface area contributed by atoms with E-state index in [4.69, 9.17) is 12.2 Å². The molecule has 0 bridgehead atoms. The van der Waals surface area contributed by atoms with E-state index in [9.17, 15) is 8.78 Å². The Morgan fingerprint density at radius 1 is 1.14 bits per heavy atom. The normalized spacial score (nSPS) is 10.8. The number of hydrogen-bond acceptors (Lipinski definition) is 3. The monoisotopic (exact) mass is 402 g/mol. The highest BCUT2D eigenvalue weighted by atomic mass is 32.1. The molecule has 146 valence electrons. The van der Waals surface area contributed by atoms with E-state index < -0.39 is 6.61 Å². The van der Waals surface area contributed by atoms with Gasteiger partial charge >= 0.3 is 6.61 Å². The molecule has 28 heavy (non-hydrogen) atoms. The van der Waals surface area contributed by atoms with Crippen LogP contribution in [0.3, 0.4) is 0 Å². The minimum Gasteiger partial charge on any atom is -0.433 e. The fourth-order valence-corrected chi connectivity index (χ4v) is 2.95. The molecule has 1 heterocycles. The second kappa shape index (κ2) is 8.79. The van der Waals surface area contributed by atoms with Crippen LogP contribution in [0.4, 0.5) is 20.2 Å². The van der Waals surface area contributed by atoms with Gasteiger partial charge in [-0.2, -0.15) is 13.9 Å². The van der Waals surface area contributed by atoms with Crippen molar-refractivity contribution in [3.63, 3.8) is 0 Å². The van der Waals surface area contributed by atoms with Gasteiger partial charge in [-0.15, -0.1) is 0 Å². The second-order valence-corrected chi connectivity index (χ2v) is 6.78. The van der Waals surface area contributed by atoms with Crippen LogP contribution in [0.5, 0.6) is 5.75 Å². The summed E-state index contributed by atoms with van der Waals surface area (Å²) in [4.78, 5) is 0. The highest BCUT2D eigenvalue weighted by molar-refractivity contribution is 7.80. The Bertz CT molecular complexity index is 974. The first-order chi connectivity index (χ1) is 13.4. The van der Waals surface area contributed by atoms with Crippen LogP contribution in [0.25, 0.3) is 0 Å². The molecular weight excluding hydrogens is 382 g/mol. The number of nitrogens with one attached hydrogen (secondary N) is 2. The van der Waals surface area contributed by atoms with Crippen LogP contribution < -0.4 is 15.4 Å². The van der Waals surface area contributed by atoms with Crippen LogP contribution >= 0.6 is 12.2 Å². The van der Waals surface area contributed by atoms with Crippen LogP contribution in [0.2, 0.25) is 0 Å². The zero-order chi connectivity index (χ0) is 20.1. The van der Waals surface area contributed by atoms with Gasteiger partial charge in [0.15, 0.2) is 5.11 Å². The van der Waals surface area contributed by atoms with E-state index in [1.54, 1.807) is 29.9 Å². The number of aryl methyl sites for hydroxylation is 2. The Kier molecular flexibility index (Phi) is 6.20. The number of nitrogens with zero attached hydrogens (tertiary/aromatic N) is 2. The first-order valence-corrected chi connectivity index (χ1v) is 9.01. The Labute approximate surface area is 167 Å². The molecule has 8 heteroatoms. The lowest BCUT2D eigenvalue weighted by molar-refractivity contribution is -0.0493. The summed E-state index contributed by atoms with van der Waals surface area (Å²) in [5.41, 5.74) is 4.18. The molecule has 0 saturated carbocycles. The zero-order valence-corrected chi connectivity index (χ0v) is 16.3. The average Bonchev–Trinajstić information content (AvgIpc) is 3.03. The molecule has 0 amide bonds. The summed E-state index contributed by atoms with van der Waals surface area (Å²) >= 11 is 5.28. The number of aromatic nitrogens is 2. The van der Waals surface area contributed by atoms with E-state index in [1.165, 1.54) is 11.6 Å². The predicted molar refractivity (Wildman–Crippen MR) is 110 cm³/mol. The number of anilines is 2. The fraction of sp³-hybridized carbons (Fsp3) is 0.200. The zero-order valence-electron chi connectivity index (χ0n) is 15.4. The highest BCUT2D eigenvalue weighted by Gasteiger charge is 2.11. The molecule has 2 aromatic carbocycles. The number of thiocarbonyl (C=S) groups is 1. The van der Waals surface area contributed by atoms with Gasteiger partial charge in [-0.1, -0.05) is 35.9 Å². The number of benzene rings is 2. The molecule has 5 nitrogen and oxygen atoms in total. The smallest absolute Gasteiger partial charge is 0.387 e. The molecule has 0 atom stereocenters. The molecule has 3 rings (SSSR count). The molecule has 0 saturated heterocycles. The van der Waals surface area contributed by atoms with E-state index in [1.807, 2.05) is 31.3 Å². The van der Waals surface area contributed by atoms with Crippen LogP contribution in [0.1, 0.15) is 16.7 Å². The van der Waals surface area contributed by atoms with Crippen molar-refractivity contribution in [3.8, 4) is 5.75 Å². The van der Waals surface area contributed by atoms with Crippen molar-refractivity contribution in [3.05, 3.63) is 71.5 Å². The summed E-state index contributed by atoms with van der Waals surface area (Å²) in [6.45, 7) is 1.56. The van der Waals surface area contributed by atoms with Gasteiger partial charge in [0.05, 0.1) is 24.1 Å². The van der Waals surface area contributed by atoms with Crippen molar-refractivity contribution in [1.29, 1.82) is 0 Å². The van der Waals surface area contributed by atoms with Gasteiger partial charge in [-0.05, 0) is 49.3 Å². The average molecular weight is 402 g/mol. The molecular formula is C20H20F2N4OS. The van der Waals surface area contributed by atoms with Gasteiger partial charge in [-0.25, -0.2) is 0 Å². The van der Waals surface area contributed by atoms with Crippen molar-refractivity contribution in [2.24, 2.45) is 0 Å². The summed E-state index contributed by atoms with van der Waals surface area (Å²) < 4.78 is 31.6. The van der Waals surface area contributed by atoms with E-state index in [-0.39, 0.29) is 10.9 Å². The molecule has 1 aromatic heterocycles. The van der Waals surface area contributed by atoms with Crippen LogP contribution in [-0.4, -0.2) is 21.5 Å². The van der Waals surface area contributed by atoms with Gasteiger partial charge in [0.1, 0.15) is 5.75 Å². The Morgan fingerprint density at radius 3 is 2.68 bits per heavy atom. The number of rotatable bonds is 6. The second-order valence-electron chi connectivity index (χ2n) is 6.37. The first-order valence-electron chi connectivity index (χ1n) is 8.60. The Hall–Kier alpha value is -3.00. The van der Waals surface area contributed by atoms with E-state index >= 15 is 0 Å². The predicted octanol–water partition coefficient (Wildman–Crippen LogP) is 4.96. The summed E-state index contributed by atoms with van der Waals surface area (Å²) in [6, 6.07) is 13.1. The maximum Gasteiger partial charge on any atom is 0.387 e. The van der Waals surface area contributed by atoms with Crippen molar-refractivity contribution in [2.45, 2.75) is 27.0 Å².